The molecule has 0 bridgehead atoms. The first-order chi connectivity index (χ1) is 15.0. The maximum atomic E-state index is 14.8. The van der Waals surface area contributed by atoms with E-state index in [1.807, 2.05) is 0 Å². The van der Waals surface area contributed by atoms with E-state index < -0.39 is 35.0 Å². The van der Waals surface area contributed by atoms with Gasteiger partial charge in [0.05, 0.1) is 28.0 Å². The lowest BCUT2D eigenvalue weighted by Crippen LogP contribution is -2.15. The lowest BCUT2D eigenvalue weighted by molar-refractivity contribution is -0.138. The van der Waals surface area contributed by atoms with Crippen molar-refractivity contribution < 1.29 is 26.7 Å². The molecule has 0 spiro atoms. The van der Waals surface area contributed by atoms with Gasteiger partial charge in [-0.2, -0.15) is 18.4 Å². The highest BCUT2D eigenvalue weighted by Crippen LogP contribution is 2.34. The highest BCUT2D eigenvalue weighted by atomic mass is 35.5. The van der Waals surface area contributed by atoms with Crippen LogP contribution in [0.4, 0.5) is 27.6 Å². The summed E-state index contributed by atoms with van der Waals surface area (Å²) in [5.74, 6) is -0.336. The first-order valence-corrected chi connectivity index (χ1v) is 8.97. The minimum atomic E-state index is -4.88. The molecule has 0 saturated carbocycles. The quantitative estimate of drug-likeness (QED) is 0.396. The number of hydrogen-bond acceptors (Lipinski definition) is 3. The lowest BCUT2D eigenvalue weighted by Gasteiger charge is -2.13. The number of nitriles is 1. The van der Waals surface area contributed by atoms with Gasteiger partial charge in [0.15, 0.2) is 5.69 Å². The summed E-state index contributed by atoms with van der Waals surface area (Å²) in [4.78, 5) is 15.9. The van der Waals surface area contributed by atoms with Gasteiger partial charge >= 0.3 is 6.18 Å². The van der Waals surface area contributed by atoms with E-state index in [-0.39, 0.29) is 33.0 Å². The van der Waals surface area contributed by atoms with Gasteiger partial charge in [-0.3, -0.25) is 4.79 Å². The second kappa shape index (κ2) is 8.66. The normalized spacial score (nSPS) is 10.9. The number of terminal acetylenes is 1. The van der Waals surface area contributed by atoms with Crippen molar-refractivity contribution in [1.29, 1.82) is 5.26 Å². The Kier molecular flexibility index (Phi) is 6.15. The van der Waals surface area contributed by atoms with Crippen LogP contribution in [-0.4, -0.2) is 10.9 Å². The van der Waals surface area contributed by atoms with Crippen LogP contribution in [-0.2, 0) is 6.18 Å². The smallest absolute Gasteiger partial charge is 0.321 e. The number of amides is 1. The van der Waals surface area contributed by atoms with Crippen LogP contribution in [0.1, 0.15) is 27.2 Å². The minimum absolute atomic E-state index is 0.0560. The van der Waals surface area contributed by atoms with Gasteiger partial charge in [-0.15, -0.1) is 6.42 Å². The zero-order chi connectivity index (χ0) is 23.6. The van der Waals surface area contributed by atoms with Crippen LogP contribution >= 0.6 is 11.6 Å². The SMILES string of the molecule is C#Cc1cc(F)ccc1-c1cc(Cl)c(C(=O)Nc2cnc(C#N)c(C(F)(F)F)c2)cc1F. The van der Waals surface area contributed by atoms with Crippen LogP contribution in [0.15, 0.2) is 42.6 Å². The molecule has 0 aliphatic heterocycles. The van der Waals surface area contributed by atoms with Crippen molar-refractivity contribution in [3.63, 3.8) is 0 Å². The monoisotopic (exact) mass is 461 g/mol. The van der Waals surface area contributed by atoms with Crippen molar-refractivity contribution in [2.45, 2.75) is 6.18 Å². The molecule has 1 amide bonds. The van der Waals surface area contributed by atoms with Gasteiger partial charge in [-0.1, -0.05) is 23.6 Å². The van der Waals surface area contributed by atoms with Crippen LogP contribution < -0.4 is 5.32 Å². The fraction of sp³-hybridized carbons (Fsp3) is 0.0455. The predicted octanol–water partition coefficient (Wildman–Crippen LogP) is 5.80. The van der Waals surface area contributed by atoms with Crippen LogP contribution in [0.25, 0.3) is 11.1 Å². The molecule has 1 N–H and O–H groups in total. The first-order valence-electron chi connectivity index (χ1n) is 8.59. The average Bonchev–Trinajstić information content (AvgIpc) is 2.74. The number of pyridine rings is 1. The molecule has 1 heterocycles. The Morgan fingerprint density at radius 1 is 1.12 bits per heavy atom. The van der Waals surface area contributed by atoms with E-state index in [1.165, 1.54) is 12.1 Å². The molecule has 0 aliphatic rings. The van der Waals surface area contributed by atoms with Gasteiger partial charge in [0.25, 0.3) is 5.91 Å². The first kappa shape index (κ1) is 22.7. The van der Waals surface area contributed by atoms with Gasteiger partial charge < -0.3 is 5.32 Å². The van der Waals surface area contributed by atoms with Crippen LogP contribution in [0.2, 0.25) is 5.02 Å². The molecule has 4 nitrogen and oxygen atoms in total. The molecule has 0 fully saturated rings. The number of carbonyl (C=O) groups excluding carboxylic acids is 1. The van der Waals surface area contributed by atoms with E-state index in [4.69, 9.17) is 23.3 Å². The molecule has 0 aliphatic carbocycles. The summed E-state index contributed by atoms with van der Waals surface area (Å²) < 4.78 is 67.4. The van der Waals surface area contributed by atoms with Crippen molar-refractivity contribution in [3.8, 4) is 29.5 Å². The summed E-state index contributed by atoms with van der Waals surface area (Å²) in [5, 5.41) is 10.7. The van der Waals surface area contributed by atoms with Crippen molar-refractivity contribution in [2.24, 2.45) is 0 Å². The van der Waals surface area contributed by atoms with E-state index in [2.05, 4.69) is 16.2 Å². The van der Waals surface area contributed by atoms with Gasteiger partial charge in [0.2, 0.25) is 0 Å². The Bertz CT molecular complexity index is 1320. The molecular weight excluding hydrogens is 453 g/mol. The summed E-state index contributed by atoms with van der Waals surface area (Å²) in [7, 11) is 0. The number of alkyl halides is 3. The van der Waals surface area contributed by atoms with Crippen molar-refractivity contribution in [1.82, 2.24) is 4.98 Å². The van der Waals surface area contributed by atoms with Gasteiger partial charge in [-0.05, 0) is 30.3 Å². The van der Waals surface area contributed by atoms with Crippen LogP contribution in [0.5, 0.6) is 0 Å². The van der Waals surface area contributed by atoms with E-state index in [0.29, 0.717) is 6.07 Å². The Balaban J connectivity index is 1.97. The highest BCUT2D eigenvalue weighted by Gasteiger charge is 2.35. The molecule has 10 heteroatoms. The van der Waals surface area contributed by atoms with Gasteiger partial charge in [0.1, 0.15) is 17.7 Å². The summed E-state index contributed by atoms with van der Waals surface area (Å²) >= 11 is 6.10. The average molecular weight is 462 g/mol. The Morgan fingerprint density at radius 2 is 1.84 bits per heavy atom. The molecule has 2 aromatic carbocycles. The summed E-state index contributed by atoms with van der Waals surface area (Å²) in [6.07, 6.45) is 1.30. The Labute approximate surface area is 183 Å². The number of halogens is 6. The molecule has 0 radical (unpaired) electrons. The highest BCUT2D eigenvalue weighted by molar-refractivity contribution is 6.34. The van der Waals surface area contributed by atoms with E-state index in [1.54, 1.807) is 0 Å². The van der Waals surface area contributed by atoms with E-state index >= 15 is 0 Å². The summed E-state index contributed by atoms with van der Waals surface area (Å²) in [6.45, 7) is 0. The zero-order valence-electron chi connectivity index (χ0n) is 15.7. The summed E-state index contributed by atoms with van der Waals surface area (Å²) in [6, 6.07) is 7.06. The third-order valence-corrected chi connectivity index (χ3v) is 4.60. The number of anilines is 1. The number of aromatic nitrogens is 1. The van der Waals surface area contributed by atoms with E-state index in [9.17, 15) is 26.7 Å². The lowest BCUT2D eigenvalue weighted by atomic mass is 9.98. The predicted molar refractivity (Wildman–Crippen MR) is 107 cm³/mol. The fourth-order valence-electron chi connectivity index (χ4n) is 2.83. The van der Waals surface area contributed by atoms with Gasteiger partial charge in [0, 0.05) is 16.7 Å². The topological polar surface area (TPSA) is 65.8 Å². The van der Waals surface area contributed by atoms with Gasteiger partial charge in [-0.25, -0.2) is 13.8 Å². The molecule has 3 rings (SSSR count). The molecule has 1 aromatic heterocycles. The number of rotatable bonds is 3. The van der Waals surface area contributed by atoms with E-state index in [0.717, 1.165) is 30.5 Å². The fourth-order valence-corrected chi connectivity index (χ4v) is 3.08. The second-order valence-electron chi connectivity index (χ2n) is 6.33. The van der Waals surface area contributed by atoms with Crippen LogP contribution in [0, 0.1) is 35.3 Å². The van der Waals surface area contributed by atoms with Crippen molar-refractivity contribution in [2.75, 3.05) is 5.32 Å². The molecule has 0 saturated heterocycles. The molecular formula is C22H9ClF5N3O. The second-order valence-corrected chi connectivity index (χ2v) is 6.74. The summed E-state index contributed by atoms with van der Waals surface area (Å²) in [5.41, 5.74) is -2.85. The molecule has 0 unspecified atom stereocenters. The Hall–Kier alpha value is -3.95. The largest absolute Gasteiger partial charge is 0.419 e. The van der Waals surface area contributed by atoms with Crippen molar-refractivity contribution >= 4 is 23.2 Å². The van der Waals surface area contributed by atoms with Crippen LogP contribution in [0.3, 0.4) is 0 Å². The zero-order valence-corrected chi connectivity index (χ0v) is 16.4. The minimum Gasteiger partial charge on any atom is -0.321 e. The maximum Gasteiger partial charge on any atom is 0.419 e. The molecule has 3 aromatic rings. The molecule has 160 valence electrons. The number of carbonyl (C=O) groups is 1. The molecule has 32 heavy (non-hydrogen) atoms. The number of nitrogens with zero attached hydrogens (tertiary/aromatic N) is 2. The number of hydrogen-bond donors (Lipinski definition) is 1. The maximum absolute atomic E-state index is 14.8. The molecule has 0 atom stereocenters. The number of nitrogens with one attached hydrogen (secondary N) is 1. The third-order valence-electron chi connectivity index (χ3n) is 4.29. The standard InChI is InChI=1S/C22H9ClF5N3O/c1-2-11-5-12(24)3-4-14(11)15-7-18(23)16(8-19(15)25)21(32)31-13-6-17(22(26,27)28)20(9-29)30-10-13/h1,3-8,10H,(H,31,32). The Morgan fingerprint density at radius 3 is 2.47 bits per heavy atom. The van der Waals surface area contributed by atoms with Crippen molar-refractivity contribution in [3.05, 3.63) is 81.6 Å². The number of benzene rings is 2. The third kappa shape index (κ3) is 4.53.